The lowest BCUT2D eigenvalue weighted by molar-refractivity contribution is -0.108. The van der Waals surface area contributed by atoms with Crippen LogP contribution in [0.5, 0.6) is 0 Å². The van der Waals surface area contributed by atoms with Gasteiger partial charge in [-0.25, -0.2) is 19.3 Å². The van der Waals surface area contributed by atoms with Crippen molar-refractivity contribution < 1.29 is 5.11 Å². The molecule has 0 saturated carbocycles. The van der Waals surface area contributed by atoms with Crippen LogP contribution in [0.3, 0.4) is 0 Å². The largest absolute Gasteiger partial charge is 0.366 e. The Hall–Kier alpha value is -3.58. The molecule has 0 radical (unpaired) electrons. The van der Waals surface area contributed by atoms with Crippen molar-refractivity contribution in [1.82, 2.24) is 39.3 Å². The van der Waals surface area contributed by atoms with Gasteiger partial charge in [0.1, 0.15) is 31.4 Å². The molecule has 0 fully saturated rings. The Morgan fingerprint density at radius 2 is 2.00 bits per heavy atom. The lowest BCUT2D eigenvalue weighted by Gasteiger charge is -2.34. The average Bonchev–Trinajstić information content (AvgIpc) is 3.41. The third-order valence-corrected chi connectivity index (χ3v) is 4.44. The van der Waals surface area contributed by atoms with Crippen LogP contribution in [0.15, 0.2) is 49.7 Å². The SMILES string of the molecule is C[C@@H](n1ncc2cc(C#N)ccc21)C(O)(Cn1cncn1)n1cncn1. The highest BCUT2D eigenvalue weighted by molar-refractivity contribution is 5.80. The molecule has 2 atom stereocenters. The molecule has 3 heterocycles. The first-order valence-corrected chi connectivity index (χ1v) is 7.89. The van der Waals surface area contributed by atoms with Gasteiger partial charge in [0.25, 0.3) is 0 Å². The van der Waals surface area contributed by atoms with E-state index in [9.17, 15) is 5.11 Å². The predicted molar refractivity (Wildman–Crippen MR) is 89.4 cm³/mol. The maximum atomic E-state index is 11.5. The van der Waals surface area contributed by atoms with Gasteiger partial charge in [0.05, 0.1) is 29.9 Å². The Morgan fingerprint density at radius 3 is 2.69 bits per heavy atom. The van der Waals surface area contributed by atoms with Crippen molar-refractivity contribution in [1.29, 1.82) is 5.26 Å². The number of aliphatic hydroxyl groups is 1. The maximum Gasteiger partial charge on any atom is 0.201 e. The zero-order valence-electron chi connectivity index (χ0n) is 13.9. The van der Waals surface area contributed by atoms with Gasteiger partial charge in [0.15, 0.2) is 0 Å². The van der Waals surface area contributed by atoms with E-state index in [1.165, 1.54) is 34.7 Å². The van der Waals surface area contributed by atoms with Gasteiger partial charge in [0, 0.05) is 5.39 Å². The number of fused-ring (bicyclic) bond motifs is 1. The van der Waals surface area contributed by atoms with Crippen molar-refractivity contribution in [3.63, 3.8) is 0 Å². The fourth-order valence-corrected chi connectivity index (χ4v) is 2.98. The highest BCUT2D eigenvalue weighted by Crippen LogP contribution is 2.31. The number of nitrogens with zero attached hydrogens (tertiary/aromatic N) is 9. The molecule has 0 aliphatic rings. The van der Waals surface area contributed by atoms with Crippen molar-refractivity contribution in [3.05, 3.63) is 55.3 Å². The summed E-state index contributed by atoms with van der Waals surface area (Å²) in [7, 11) is 0. The number of hydrogen-bond donors (Lipinski definition) is 1. The third-order valence-electron chi connectivity index (χ3n) is 4.44. The van der Waals surface area contributed by atoms with E-state index in [2.05, 4.69) is 31.3 Å². The van der Waals surface area contributed by atoms with Crippen LogP contribution in [0.1, 0.15) is 18.5 Å². The molecule has 1 unspecified atom stereocenters. The molecule has 0 amide bonds. The van der Waals surface area contributed by atoms with Gasteiger partial charge in [-0.1, -0.05) is 0 Å². The minimum atomic E-state index is -1.49. The molecule has 0 aliphatic heterocycles. The van der Waals surface area contributed by atoms with E-state index < -0.39 is 11.8 Å². The van der Waals surface area contributed by atoms with E-state index >= 15 is 0 Å². The first-order valence-electron chi connectivity index (χ1n) is 7.89. The standard InChI is InChI=1S/C16H15N9O/c1-12(25-15-3-2-13(5-17)4-14(15)6-20-25)16(26,24-11-19-9-22-24)7-23-10-18-8-21-23/h2-4,6,8-12,26H,7H2,1H3/t12-,16?/m1/s1. The van der Waals surface area contributed by atoms with Crippen LogP contribution in [0.2, 0.25) is 0 Å². The van der Waals surface area contributed by atoms with E-state index in [4.69, 9.17) is 5.26 Å². The summed E-state index contributed by atoms with van der Waals surface area (Å²) in [6, 6.07) is 6.89. The minimum Gasteiger partial charge on any atom is -0.366 e. The number of aromatic nitrogens is 8. The Balaban J connectivity index is 1.80. The summed E-state index contributed by atoms with van der Waals surface area (Å²) in [6.07, 6.45) is 7.41. The molecule has 26 heavy (non-hydrogen) atoms. The number of nitriles is 1. The molecule has 4 rings (SSSR count). The van der Waals surface area contributed by atoms with E-state index in [0.29, 0.717) is 5.56 Å². The van der Waals surface area contributed by atoms with Crippen LogP contribution in [-0.2, 0) is 12.3 Å². The van der Waals surface area contributed by atoms with Crippen LogP contribution in [0.4, 0.5) is 0 Å². The van der Waals surface area contributed by atoms with Crippen molar-refractivity contribution in [2.24, 2.45) is 0 Å². The first kappa shape index (κ1) is 15.9. The monoisotopic (exact) mass is 349 g/mol. The minimum absolute atomic E-state index is 0.106. The Morgan fingerprint density at radius 1 is 1.19 bits per heavy atom. The fourth-order valence-electron chi connectivity index (χ4n) is 2.98. The van der Waals surface area contributed by atoms with Gasteiger partial charge in [-0.15, -0.1) is 0 Å². The van der Waals surface area contributed by atoms with E-state index in [0.717, 1.165) is 10.9 Å². The van der Waals surface area contributed by atoms with Gasteiger partial charge in [-0.2, -0.15) is 20.6 Å². The molecule has 1 aromatic carbocycles. The molecule has 130 valence electrons. The van der Waals surface area contributed by atoms with Gasteiger partial charge in [0.2, 0.25) is 5.72 Å². The molecule has 1 N–H and O–H groups in total. The second-order valence-electron chi connectivity index (χ2n) is 5.96. The zero-order valence-corrected chi connectivity index (χ0v) is 13.9. The van der Waals surface area contributed by atoms with Crippen LogP contribution in [0.25, 0.3) is 10.9 Å². The normalized spacial score (nSPS) is 14.8. The Labute approximate surface area is 147 Å². The van der Waals surface area contributed by atoms with Crippen LogP contribution in [-0.4, -0.2) is 44.4 Å². The predicted octanol–water partition coefficient (Wildman–Crippen LogP) is 0.697. The quantitative estimate of drug-likeness (QED) is 0.562. The summed E-state index contributed by atoms with van der Waals surface area (Å²) in [5.41, 5.74) is -0.135. The highest BCUT2D eigenvalue weighted by Gasteiger charge is 2.40. The van der Waals surface area contributed by atoms with E-state index in [1.54, 1.807) is 23.0 Å². The van der Waals surface area contributed by atoms with Gasteiger partial charge >= 0.3 is 0 Å². The number of hydrogen-bond acceptors (Lipinski definition) is 7. The van der Waals surface area contributed by atoms with Gasteiger partial charge in [-0.05, 0) is 25.1 Å². The summed E-state index contributed by atoms with van der Waals surface area (Å²) < 4.78 is 4.61. The summed E-state index contributed by atoms with van der Waals surface area (Å²) in [4.78, 5) is 7.87. The molecule has 0 saturated heterocycles. The Bertz CT molecular complexity index is 1060. The molecule has 0 spiro atoms. The van der Waals surface area contributed by atoms with Gasteiger partial charge < -0.3 is 5.11 Å². The maximum absolute atomic E-state index is 11.5. The molecule has 10 nitrogen and oxygen atoms in total. The van der Waals surface area contributed by atoms with Crippen molar-refractivity contribution in [2.75, 3.05) is 0 Å². The molecular formula is C16H15N9O. The zero-order chi connectivity index (χ0) is 18.1. The summed E-state index contributed by atoms with van der Waals surface area (Å²) in [5.74, 6) is 0. The molecule has 4 aromatic rings. The summed E-state index contributed by atoms with van der Waals surface area (Å²) in [5, 5.41) is 34.0. The van der Waals surface area contributed by atoms with E-state index in [1.807, 2.05) is 13.0 Å². The molecule has 10 heteroatoms. The van der Waals surface area contributed by atoms with Crippen molar-refractivity contribution >= 4 is 10.9 Å². The third kappa shape index (κ3) is 2.51. The number of rotatable bonds is 5. The molecular weight excluding hydrogens is 334 g/mol. The topological polar surface area (TPSA) is 123 Å². The van der Waals surface area contributed by atoms with Crippen LogP contribution in [0, 0.1) is 11.3 Å². The summed E-state index contributed by atoms with van der Waals surface area (Å²) in [6.45, 7) is 1.94. The average molecular weight is 349 g/mol. The van der Waals surface area contributed by atoms with Gasteiger partial charge in [-0.3, -0.25) is 4.68 Å². The molecule has 0 bridgehead atoms. The summed E-state index contributed by atoms with van der Waals surface area (Å²) >= 11 is 0. The molecule has 0 aliphatic carbocycles. The number of benzene rings is 1. The van der Waals surface area contributed by atoms with Crippen molar-refractivity contribution in [3.8, 4) is 6.07 Å². The van der Waals surface area contributed by atoms with Crippen LogP contribution < -0.4 is 0 Å². The lowest BCUT2D eigenvalue weighted by Crippen LogP contribution is -2.45. The van der Waals surface area contributed by atoms with Crippen molar-refractivity contribution in [2.45, 2.75) is 25.2 Å². The fraction of sp³-hybridized carbons (Fsp3) is 0.250. The second kappa shape index (κ2) is 6.05. The van der Waals surface area contributed by atoms with E-state index in [-0.39, 0.29) is 6.54 Å². The second-order valence-corrected chi connectivity index (χ2v) is 5.96. The lowest BCUT2D eigenvalue weighted by atomic mass is 10.1. The first-order chi connectivity index (χ1) is 12.6. The molecule has 3 aromatic heterocycles. The smallest absolute Gasteiger partial charge is 0.201 e. The Kier molecular flexibility index (Phi) is 3.70. The van der Waals surface area contributed by atoms with Crippen LogP contribution >= 0.6 is 0 Å². The highest BCUT2D eigenvalue weighted by atomic mass is 16.3.